The van der Waals surface area contributed by atoms with Crippen LogP contribution in [-0.4, -0.2) is 69.5 Å². The number of carbonyl (C=O) groups is 2. The Morgan fingerprint density at radius 1 is 0.889 bits per heavy atom. The molecule has 0 bridgehead atoms. The monoisotopic (exact) mass is 378 g/mol. The zero-order chi connectivity index (χ0) is 19.9. The topological polar surface area (TPSA) is 92.4 Å². The highest BCUT2D eigenvalue weighted by molar-refractivity contribution is 5.80. The summed E-state index contributed by atoms with van der Waals surface area (Å²) in [5, 5.41) is 5.89. The summed E-state index contributed by atoms with van der Waals surface area (Å²) in [6, 6.07) is 2.80. The van der Waals surface area contributed by atoms with Gasteiger partial charge in [0, 0.05) is 26.1 Å². The highest BCUT2D eigenvalue weighted by atomic mass is 16.5. The molecule has 4 atom stereocenters. The maximum Gasteiger partial charge on any atom is 0.319 e. The summed E-state index contributed by atoms with van der Waals surface area (Å²) in [5.74, 6) is 1.44. The number of benzene rings is 1. The molecule has 2 heterocycles. The summed E-state index contributed by atoms with van der Waals surface area (Å²) in [6.45, 7) is 1.94. The zero-order valence-corrected chi connectivity index (χ0v) is 16.4. The standard InChI is InChI=1S/C18H26N4O5/c1-9-13-14(10-7-11(25-4)15(27-6)12(8-10)26-5)21(2)18(24)20-16(13)22(3)17(23)19-9/h7-9,13-14,16H,1-6H3,(H,19,23)(H,20,24)/t9?,13-,14?,16-/m0/s1. The summed E-state index contributed by atoms with van der Waals surface area (Å²) >= 11 is 0. The number of rotatable bonds is 4. The average Bonchev–Trinajstić information content (AvgIpc) is 2.66. The molecule has 148 valence electrons. The minimum Gasteiger partial charge on any atom is -0.493 e. The summed E-state index contributed by atoms with van der Waals surface area (Å²) in [6.07, 6.45) is -0.415. The number of methoxy groups -OCH3 is 3. The van der Waals surface area contributed by atoms with Crippen molar-refractivity contribution in [1.29, 1.82) is 0 Å². The fourth-order valence-electron chi connectivity index (χ4n) is 4.02. The molecule has 9 nitrogen and oxygen atoms in total. The quantitative estimate of drug-likeness (QED) is 0.826. The summed E-state index contributed by atoms with van der Waals surface area (Å²) in [5.41, 5.74) is 0.841. The Morgan fingerprint density at radius 3 is 1.96 bits per heavy atom. The Hall–Kier alpha value is -2.84. The van der Waals surface area contributed by atoms with Gasteiger partial charge in [0.05, 0.1) is 27.4 Å². The summed E-state index contributed by atoms with van der Waals surface area (Å²) in [4.78, 5) is 27.9. The third kappa shape index (κ3) is 2.96. The first kappa shape index (κ1) is 18.9. The molecule has 2 saturated heterocycles. The third-order valence-electron chi connectivity index (χ3n) is 5.43. The second-order valence-corrected chi connectivity index (χ2v) is 6.84. The lowest BCUT2D eigenvalue weighted by Crippen LogP contribution is -2.71. The molecule has 9 heteroatoms. The SMILES string of the molecule is COc1cc(C2[C@@H]3C(C)NC(=O)N(C)[C@@H]3NC(=O)N2C)cc(OC)c1OC. The van der Waals surface area contributed by atoms with Gasteiger partial charge in [0.15, 0.2) is 11.5 Å². The van der Waals surface area contributed by atoms with E-state index in [-0.39, 0.29) is 30.1 Å². The molecule has 2 N–H and O–H groups in total. The molecule has 0 saturated carbocycles. The molecule has 3 rings (SSSR count). The van der Waals surface area contributed by atoms with Crippen LogP contribution in [-0.2, 0) is 0 Å². The fourth-order valence-corrected chi connectivity index (χ4v) is 4.02. The van der Waals surface area contributed by atoms with Crippen molar-refractivity contribution >= 4 is 12.1 Å². The van der Waals surface area contributed by atoms with Crippen LogP contribution in [0.2, 0.25) is 0 Å². The smallest absolute Gasteiger partial charge is 0.319 e. The molecule has 4 amide bonds. The molecule has 2 unspecified atom stereocenters. The van der Waals surface area contributed by atoms with E-state index in [2.05, 4.69) is 10.6 Å². The first-order valence-corrected chi connectivity index (χ1v) is 8.70. The van der Waals surface area contributed by atoms with Crippen LogP contribution in [0.1, 0.15) is 18.5 Å². The largest absolute Gasteiger partial charge is 0.493 e. The van der Waals surface area contributed by atoms with Crippen molar-refractivity contribution in [3.8, 4) is 17.2 Å². The van der Waals surface area contributed by atoms with Gasteiger partial charge in [0.1, 0.15) is 6.17 Å². The Balaban J connectivity index is 2.12. The number of carbonyl (C=O) groups excluding carboxylic acids is 2. The van der Waals surface area contributed by atoms with Crippen LogP contribution in [0.15, 0.2) is 12.1 Å². The number of amides is 4. The van der Waals surface area contributed by atoms with Crippen molar-refractivity contribution in [3.05, 3.63) is 17.7 Å². The summed E-state index contributed by atoms with van der Waals surface area (Å²) in [7, 11) is 8.07. The fraction of sp³-hybridized carbons (Fsp3) is 0.556. The van der Waals surface area contributed by atoms with E-state index in [9.17, 15) is 9.59 Å². The number of fused-ring (bicyclic) bond motifs is 1. The lowest BCUT2D eigenvalue weighted by atomic mass is 9.81. The molecule has 27 heavy (non-hydrogen) atoms. The molecule has 2 fully saturated rings. The number of urea groups is 2. The molecular weight excluding hydrogens is 352 g/mol. The van der Waals surface area contributed by atoms with E-state index in [1.807, 2.05) is 19.1 Å². The zero-order valence-electron chi connectivity index (χ0n) is 16.4. The van der Waals surface area contributed by atoms with Crippen LogP contribution in [0, 0.1) is 5.92 Å². The van der Waals surface area contributed by atoms with Crippen LogP contribution in [0.3, 0.4) is 0 Å². The molecular formula is C18H26N4O5. The predicted octanol–water partition coefficient (Wildman–Crippen LogP) is 1.39. The first-order valence-electron chi connectivity index (χ1n) is 8.70. The Labute approximate surface area is 158 Å². The normalized spacial score (nSPS) is 27.5. The number of hydrogen-bond acceptors (Lipinski definition) is 5. The van der Waals surface area contributed by atoms with Gasteiger partial charge in [0.25, 0.3) is 0 Å². The van der Waals surface area contributed by atoms with Gasteiger partial charge >= 0.3 is 12.1 Å². The maximum absolute atomic E-state index is 12.6. The highest BCUT2D eigenvalue weighted by Gasteiger charge is 2.49. The lowest BCUT2D eigenvalue weighted by Gasteiger charge is -2.52. The number of nitrogens with one attached hydrogen (secondary N) is 2. The number of ether oxygens (including phenoxy) is 3. The van der Waals surface area contributed by atoms with E-state index in [1.54, 1.807) is 40.3 Å². The highest BCUT2D eigenvalue weighted by Crippen LogP contribution is 2.45. The maximum atomic E-state index is 12.6. The summed E-state index contributed by atoms with van der Waals surface area (Å²) < 4.78 is 16.3. The number of hydrogen-bond donors (Lipinski definition) is 2. The van der Waals surface area contributed by atoms with Crippen molar-refractivity contribution in [2.75, 3.05) is 35.4 Å². The minimum atomic E-state index is -0.415. The van der Waals surface area contributed by atoms with Crippen LogP contribution in [0.25, 0.3) is 0 Å². The predicted molar refractivity (Wildman–Crippen MR) is 98.2 cm³/mol. The van der Waals surface area contributed by atoms with Gasteiger partial charge in [-0.25, -0.2) is 9.59 Å². The van der Waals surface area contributed by atoms with Gasteiger partial charge in [-0.3, -0.25) is 0 Å². The first-order chi connectivity index (χ1) is 12.8. The van der Waals surface area contributed by atoms with E-state index < -0.39 is 6.17 Å². The van der Waals surface area contributed by atoms with Crippen molar-refractivity contribution < 1.29 is 23.8 Å². The van der Waals surface area contributed by atoms with E-state index >= 15 is 0 Å². The molecule has 0 spiro atoms. The van der Waals surface area contributed by atoms with Gasteiger partial charge in [-0.15, -0.1) is 0 Å². The second-order valence-electron chi connectivity index (χ2n) is 6.84. The Bertz CT molecular complexity index is 730. The van der Waals surface area contributed by atoms with Crippen molar-refractivity contribution in [3.63, 3.8) is 0 Å². The van der Waals surface area contributed by atoms with Gasteiger partial charge in [0.2, 0.25) is 5.75 Å². The van der Waals surface area contributed by atoms with Gasteiger partial charge in [-0.05, 0) is 24.6 Å². The second kappa shape index (κ2) is 7.05. The van der Waals surface area contributed by atoms with Crippen LogP contribution >= 0.6 is 0 Å². The molecule has 0 aliphatic carbocycles. The van der Waals surface area contributed by atoms with Gasteiger partial charge in [-0.2, -0.15) is 0 Å². The lowest BCUT2D eigenvalue weighted by molar-refractivity contribution is 0.0247. The molecule has 0 aromatic heterocycles. The van der Waals surface area contributed by atoms with E-state index in [4.69, 9.17) is 14.2 Å². The Kier molecular flexibility index (Phi) is 4.95. The van der Waals surface area contributed by atoms with E-state index in [1.165, 1.54) is 4.90 Å². The third-order valence-corrected chi connectivity index (χ3v) is 5.43. The number of nitrogens with zero attached hydrogens (tertiary/aromatic N) is 2. The van der Waals surface area contributed by atoms with Gasteiger partial charge < -0.3 is 34.6 Å². The molecule has 2 aliphatic rings. The molecule has 1 aromatic rings. The molecule has 1 aromatic carbocycles. The molecule has 2 aliphatic heterocycles. The Morgan fingerprint density at radius 2 is 1.44 bits per heavy atom. The van der Waals surface area contributed by atoms with E-state index in [0.717, 1.165) is 5.56 Å². The van der Waals surface area contributed by atoms with Gasteiger partial charge in [-0.1, -0.05) is 0 Å². The van der Waals surface area contributed by atoms with Crippen LogP contribution < -0.4 is 24.8 Å². The van der Waals surface area contributed by atoms with Crippen LogP contribution in [0.5, 0.6) is 17.2 Å². The minimum absolute atomic E-state index is 0.0850. The average molecular weight is 378 g/mol. The van der Waals surface area contributed by atoms with Crippen molar-refractivity contribution in [2.45, 2.75) is 25.2 Å². The van der Waals surface area contributed by atoms with Crippen molar-refractivity contribution in [2.24, 2.45) is 5.92 Å². The molecule has 0 radical (unpaired) electrons. The van der Waals surface area contributed by atoms with Crippen LogP contribution in [0.4, 0.5) is 9.59 Å². The van der Waals surface area contributed by atoms with E-state index in [0.29, 0.717) is 17.2 Å². The van der Waals surface area contributed by atoms with Crippen molar-refractivity contribution in [1.82, 2.24) is 20.4 Å².